The van der Waals surface area contributed by atoms with Crippen molar-refractivity contribution in [1.29, 1.82) is 0 Å². The molecule has 0 bridgehead atoms. The topological polar surface area (TPSA) is 66.7 Å². The van der Waals surface area contributed by atoms with E-state index in [0.29, 0.717) is 18.7 Å². The van der Waals surface area contributed by atoms with Gasteiger partial charge >= 0.3 is 0 Å². The Balaban J connectivity index is 1.68. The molecule has 0 N–H and O–H groups in total. The maximum Gasteiger partial charge on any atom is 0.269 e. The molecule has 2 aromatic carbocycles. The number of hydrogen-bond donors (Lipinski definition) is 0. The van der Waals surface area contributed by atoms with Crippen LogP contribution in [0, 0.1) is 17.0 Å². The van der Waals surface area contributed by atoms with Crippen molar-refractivity contribution in [3.8, 4) is 0 Å². The number of non-ortho nitro benzene ring substituents is 1. The standard InChI is InChI=1S/C19H21N3O3/c1-14-3-7-17(8-4-14)21-12-11-20(13-15(21)2)19(23)16-5-9-18(10-6-16)22(24)25/h3-10,15H,11-13H2,1-2H3. The maximum atomic E-state index is 12.7. The van der Waals surface area contributed by atoms with Gasteiger partial charge in [0, 0.05) is 49.1 Å². The van der Waals surface area contributed by atoms with Crippen LogP contribution in [0.2, 0.25) is 0 Å². The van der Waals surface area contributed by atoms with Crippen molar-refractivity contribution in [1.82, 2.24) is 4.90 Å². The lowest BCUT2D eigenvalue weighted by Gasteiger charge is -2.41. The van der Waals surface area contributed by atoms with Crippen LogP contribution in [-0.2, 0) is 0 Å². The van der Waals surface area contributed by atoms with E-state index < -0.39 is 4.92 Å². The first-order valence-electron chi connectivity index (χ1n) is 8.33. The van der Waals surface area contributed by atoms with Gasteiger partial charge in [-0.3, -0.25) is 14.9 Å². The van der Waals surface area contributed by atoms with Gasteiger partial charge < -0.3 is 9.80 Å². The van der Waals surface area contributed by atoms with E-state index >= 15 is 0 Å². The second-order valence-electron chi connectivity index (χ2n) is 6.43. The molecule has 130 valence electrons. The molecule has 0 aromatic heterocycles. The molecule has 6 nitrogen and oxygen atoms in total. The van der Waals surface area contributed by atoms with Crippen LogP contribution in [0.1, 0.15) is 22.8 Å². The molecule has 1 amide bonds. The number of anilines is 1. The summed E-state index contributed by atoms with van der Waals surface area (Å²) < 4.78 is 0. The van der Waals surface area contributed by atoms with Gasteiger partial charge in [0.2, 0.25) is 0 Å². The molecule has 1 aliphatic heterocycles. The summed E-state index contributed by atoms with van der Waals surface area (Å²) in [5.41, 5.74) is 2.87. The number of rotatable bonds is 3. The highest BCUT2D eigenvalue weighted by atomic mass is 16.6. The molecule has 3 rings (SSSR count). The summed E-state index contributed by atoms with van der Waals surface area (Å²) in [6, 6.07) is 14.4. The molecule has 25 heavy (non-hydrogen) atoms. The summed E-state index contributed by atoms with van der Waals surface area (Å²) in [5.74, 6) is -0.0784. The molecule has 1 saturated heterocycles. The fourth-order valence-electron chi connectivity index (χ4n) is 3.17. The summed E-state index contributed by atoms with van der Waals surface area (Å²) in [6.45, 7) is 6.20. The predicted molar refractivity (Wildman–Crippen MR) is 97.0 cm³/mol. The Hall–Kier alpha value is -2.89. The zero-order valence-electron chi connectivity index (χ0n) is 14.4. The summed E-state index contributed by atoms with van der Waals surface area (Å²) in [6.07, 6.45) is 0. The summed E-state index contributed by atoms with van der Waals surface area (Å²) in [7, 11) is 0. The highest BCUT2D eigenvalue weighted by Gasteiger charge is 2.27. The van der Waals surface area contributed by atoms with Gasteiger partial charge in [-0.2, -0.15) is 0 Å². The highest BCUT2D eigenvalue weighted by Crippen LogP contribution is 2.22. The van der Waals surface area contributed by atoms with E-state index in [-0.39, 0.29) is 17.6 Å². The Morgan fingerprint density at radius 1 is 1.08 bits per heavy atom. The largest absolute Gasteiger partial charge is 0.365 e. The van der Waals surface area contributed by atoms with E-state index in [9.17, 15) is 14.9 Å². The highest BCUT2D eigenvalue weighted by molar-refractivity contribution is 5.94. The molecule has 1 aliphatic rings. The van der Waals surface area contributed by atoms with Gasteiger partial charge in [-0.1, -0.05) is 17.7 Å². The third kappa shape index (κ3) is 3.63. The van der Waals surface area contributed by atoms with Gasteiger partial charge in [0.1, 0.15) is 0 Å². The van der Waals surface area contributed by atoms with Crippen molar-refractivity contribution in [2.24, 2.45) is 0 Å². The van der Waals surface area contributed by atoms with Crippen LogP contribution in [0.15, 0.2) is 48.5 Å². The van der Waals surface area contributed by atoms with E-state index in [1.807, 2.05) is 4.90 Å². The molecule has 2 aromatic rings. The Morgan fingerprint density at radius 2 is 1.72 bits per heavy atom. The minimum atomic E-state index is -0.462. The van der Waals surface area contributed by atoms with Gasteiger partial charge in [-0.05, 0) is 38.1 Å². The number of carbonyl (C=O) groups excluding carboxylic acids is 1. The number of nitro groups is 1. The van der Waals surface area contributed by atoms with Crippen molar-refractivity contribution >= 4 is 17.3 Å². The Labute approximate surface area is 146 Å². The third-order valence-electron chi connectivity index (χ3n) is 4.61. The van der Waals surface area contributed by atoms with Gasteiger partial charge in [-0.25, -0.2) is 0 Å². The van der Waals surface area contributed by atoms with Crippen LogP contribution in [0.3, 0.4) is 0 Å². The number of nitro benzene ring substituents is 1. The number of aryl methyl sites for hydroxylation is 1. The van der Waals surface area contributed by atoms with E-state index in [4.69, 9.17) is 0 Å². The Kier molecular flexibility index (Phi) is 4.70. The zero-order valence-corrected chi connectivity index (χ0v) is 14.4. The first kappa shape index (κ1) is 17.0. The van der Waals surface area contributed by atoms with Gasteiger partial charge in [0.15, 0.2) is 0 Å². The van der Waals surface area contributed by atoms with Crippen molar-refractivity contribution in [3.63, 3.8) is 0 Å². The molecule has 0 spiro atoms. The summed E-state index contributed by atoms with van der Waals surface area (Å²) in [5, 5.41) is 10.7. The maximum absolute atomic E-state index is 12.7. The molecule has 0 radical (unpaired) electrons. The second-order valence-corrected chi connectivity index (χ2v) is 6.43. The van der Waals surface area contributed by atoms with E-state index in [0.717, 1.165) is 6.54 Å². The molecule has 1 unspecified atom stereocenters. The lowest BCUT2D eigenvalue weighted by Crippen LogP contribution is -2.53. The molecule has 1 fully saturated rings. The van der Waals surface area contributed by atoms with Crippen LogP contribution in [0.4, 0.5) is 11.4 Å². The molecule has 0 saturated carbocycles. The molecule has 1 heterocycles. The minimum absolute atomic E-state index is 0.00546. The van der Waals surface area contributed by atoms with E-state index in [1.165, 1.54) is 35.5 Å². The molecular weight excluding hydrogens is 318 g/mol. The van der Waals surface area contributed by atoms with Crippen LogP contribution < -0.4 is 4.90 Å². The average molecular weight is 339 g/mol. The molecule has 1 atom stereocenters. The fourth-order valence-corrected chi connectivity index (χ4v) is 3.17. The lowest BCUT2D eigenvalue weighted by atomic mass is 10.1. The lowest BCUT2D eigenvalue weighted by molar-refractivity contribution is -0.384. The Bertz CT molecular complexity index is 772. The Morgan fingerprint density at radius 3 is 2.28 bits per heavy atom. The van der Waals surface area contributed by atoms with Gasteiger partial charge in [-0.15, -0.1) is 0 Å². The zero-order chi connectivity index (χ0) is 18.0. The van der Waals surface area contributed by atoms with Crippen molar-refractivity contribution in [2.75, 3.05) is 24.5 Å². The third-order valence-corrected chi connectivity index (χ3v) is 4.61. The summed E-state index contributed by atoms with van der Waals surface area (Å²) in [4.78, 5) is 27.0. The van der Waals surface area contributed by atoms with Crippen LogP contribution >= 0.6 is 0 Å². The van der Waals surface area contributed by atoms with Gasteiger partial charge in [0.05, 0.1) is 4.92 Å². The molecular formula is C19H21N3O3. The van der Waals surface area contributed by atoms with Crippen molar-refractivity contribution < 1.29 is 9.72 Å². The quantitative estimate of drug-likeness (QED) is 0.636. The minimum Gasteiger partial charge on any atom is -0.365 e. The number of hydrogen-bond acceptors (Lipinski definition) is 4. The van der Waals surface area contributed by atoms with Crippen molar-refractivity contribution in [2.45, 2.75) is 19.9 Å². The van der Waals surface area contributed by atoms with Gasteiger partial charge in [0.25, 0.3) is 11.6 Å². The predicted octanol–water partition coefficient (Wildman–Crippen LogP) is 3.25. The average Bonchev–Trinajstić information content (AvgIpc) is 2.62. The first-order chi connectivity index (χ1) is 12.0. The van der Waals surface area contributed by atoms with E-state index in [2.05, 4.69) is 43.0 Å². The number of nitrogens with zero attached hydrogens (tertiary/aromatic N) is 3. The molecule has 0 aliphatic carbocycles. The molecule has 6 heteroatoms. The number of piperazine rings is 1. The monoisotopic (exact) mass is 339 g/mol. The number of amides is 1. The SMILES string of the molecule is Cc1ccc(N2CCN(C(=O)c3ccc([N+](=O)[O-])cc3)CC2C)cc1. The van der Waals surface area contributed by atoms with Crippen LogP contribution in [-0.4, -0.2) is 41.4 Å². The first-order valence-corrected chi connectivity index (χ1v) is 8.33. The van der Waals surface area contributed by atoms with E-state index in [1.54, 1.807) is 0 Å². The fraction of sp³-hybridized carbons (Fsp3) is 0.316. The summed E-state index contributed by atoms with van der Waals surface area (Å²) >= 11 is 0. The van der Waals surface area contributed by atoms with Crippen LogP contribution in [0.5, 0.6) is 0 Å². The second kappa shape index (κ2) is 6.93. The van der Waals surface area contributed by atoms with Crippen LogP contribution in [0.25, 0.3) is 0 Å². The normalized spacial score (nSPS) is 17.4. The number of carbonyl (C=O) groups is 1. The number of benzene rings is 2. The van der Waals surface area contributed by atoms with Crippen molar-refractivity contribution in [3.05, 3.63) is 69.8 Å². The smallest absolute Gasteiger partial charge is 0.269 e.